The van der Waals surface area contributed by atoms with Gasteiger partial charge in [0.1, 0.15) is 11.4 Å². The zero-order valence-electron chi connectivity index (χ0n) is 15.6. The summed E-state index contributed by atoms with van der Waals surface area (Å²) in [4.78, 5) is 26.7. The van der Waals surface area contributed by atoms with Crippen molar-refractivity contribution in [3.63, 3.8) is 0 Å². The summed E-state index contributed by atoms with van der Waals surface area (Å²) in [6.07, 6.45) is 3.33. The summed E-state index contributed by atoms with van der Waals surface area (Å²) in [5, 5.41) is 5.40. The Morgan fingerprint density at radius 3 is 2.38 bits per heavy atom. The summed E-state index contributed by atoms with van der Waals surface area (Å²) in [7, 11) is 0. The first kappa shape index (κ1) is 18.8. The fraction of sp³-hybridized carbons (Fsp3) is 0.600. The third-order valence-electron chi connectivity index (χ3n) is 5.69. The summed E-state index contributed by atoms with van der Waals surface area (Å²) in [5.74, 6) is 0.246. The summed E-state index contributed by atoms with van der Waals surface area (Å²) in [5.41, 5.74) is 0.329. The average molecular weight is 361 g/mol. The molecule has 1 unspecified atom stereocenters. The van der Waals surface area contributed by atoms with Gasteiger partial charge in [0.05, 0.1) is 0 Å². The maximum Gasteiger partial charge on any atom is 0.322 e. The number of urea groups is 1. The number of benzene rings is 1. The van der Waals surface area contributed by atoms with Gasteiger partial charge in [0.15, 0.2) is 0 Å². The molecule has 1 aromatic rings. The first-order valence-electron chi connectivity index (χ1n) is 9.49. The highest BCUT2D eigenvalue weighted by Crippen LogP contribution is 2.35. The predicted molar refractivity (Wildman–Crippen MR) is 97.9 cm³/mol. The second kappa shape index (κ2) is 7.74. The van der Waals surface area contributed by atoms with E-state index in [0.717, 1.165) is 44.5 Å². The highest BCUT2D eigenvalue weighted by molar-refractivity contribution is 6.07. The Labute approximate surface area is 154 Å². The van der Waals surface area contributed by atoms with E-state index in [9.17, 15) is 14.0 Å². The molecule has 2 aliphatic rings. The maximum absolute atomic E-state index is 13.0. The summed E-state index contributed by atoms with van der Waals surface area (Å²) in [6, 6.07) is 6.24. The van der Waals surface area contributed by atoms with Crippen LogP contribution in [0.3, 0.4) is 0 Å². The molecular weight excluding hydrogens is 333 g/mol. The molecule has 26 heavy (non-hydrogen) atoms. The number of halogens is 1. The van der Waals surface area contributed by atoms with Gasteiger partial charge in [-0.15, -0.1) is 0 Å². The molecule has 2 N–H and O–H groups in total. The molecule has 2 fully saturated rings. The number of piperidine rings is 1. The third kappa shape index (κ3) is 4.06. The van der Waals surface area contributed by atoms with Gasteiger partial charge in [-0.25, -0.2) is 9.18 Å². The molecule has 6 heteroatoms. The Bertz CT molecular complexity index is 654. The van der Waals surface area contributed by atoms with Gasteiger partial charge in [-0.3, -0.25) is 15.0 Å². The average Bonchev–Trinajstić information content (AvgIpc) is 2.90. The quantitative estimate of drug-likeness (QED) is 0.766. The zero-order valence-corrected chi connectivity index (χ0v) is 15.6. The van der Waals surface area contributed by atoms with Crippen LogP contribution >= 0.6 is 0 Å². The molecule has 0 spiro atoms. The number of carbonyl (C=O) groups excluding carboxylic acids is 2. The summed E-state index contributed by atoms with van der Waals surface area (Å²) < 4.78 is 13.0. The molecule has 5 nitrogen and oxygen atoms in total. The van der Waals surface area contributed by atoms with Crippen molar-refractivity contribution in [3.05, 3.63) is 35.6 Å². The second-order valence-electron chi connectivity index (χ2n) is 7.99. The smallest absolute Gasteiger partial charge is 0.322 e. The van der Waals surface area contributed by atoms with Crippen LogP contribution in [-0.2, 0) is 11.3 Å². The topological polar surface area (TPSA) is 61.4 Å². The van der Waals surface area contributed by atoms with Crippen molar-refractivity contribution >= 4 is 11.9 Å². The monoisotopic (exact) mass is 361 g/mol. The number of rotatable bonds is 6. The van der Waals surface area contributed by atoms with E-state index >= 15 is 0 Å². The van der Waals surface area contributed by atoms with Crippen molar-refractivity contribution in [1.82, 2.24) is 15.5 Å². The molecule has 142 valence electrons. The zero-order chi connectivity index (χ0) is 18.7. The fourth-order valence-corrected chi connectivity index (χ4v) is 4.12. The van der Waals surface area contributed by atoms with Gasteiger partial charge in [0.2, 0.25) is 0 Å². The molecule has 2 aliphatic heterocycles. The standard InChI is InChI=1S/C20H28FN3O2/c1-14(2)7-10-20(18(25)22-19(26)23-20)16-8-11-24(12-9-16)13-15-3-5-17(21)6-4-15/h3-6,14,16H,7-13H2,1-2H3,(H2,22,23,25,26). The highest BCUT2D eigenvalue weighted by atomic mass is 19.1. The number of nitrogens with one attached hydrogen (secondary N) is 2. The SMILES string of the molecule is CC(C)CCC1(C2CCN(Cc3ccc(F)cc3)CC2)NC(=O)NC1=O. The lowest BCUT2D eigenvalue weighted by molar-refractivity contribution is -0.127. The molecule has 0 radical (unpaired) electrons. The molecule has 0 bridgehead atoms. The maximum atomic E-state index is 13.0. The van der Waals surface area contributed by atoms with Crippen LogP contribution in [0.25, 0.3) is 0 Å². The molecule has 0 aromatic heterocycles. The van der Waals surface area contributed by atoms with Gasteiger partial charge in [0, 0.05) is 6.54 Å². The summed E-state index contributed by atoms with van der Waals surface area (Å²) >= 11 is 0. The Balaban J connectivity index is 1.63. The van der Waals surface area contributed by atoms with E-state index in [1.54, 1.807) is 0 Å². The Morgan fingerprint density at radius 2 is 1.85 bits per heavy atom. The van der Waals surface area contributed by atoms with E-state index in [-0.39, 0.29) is 23.7 Å². The number of hydrogen-bond donors (Lipinski definition) is 2. The lowest BCUT2D eigenvalue weighted by Gasteiger charge is -2.41. The van der Waals surface area contributed by atoms with Crippen LogP contribution in [0.2, 0.25) is 0 Å². The molecule has 1 aromatic carbocycles. The number of likely N-dealkylation sites (tertiary alicyclic amines) is 1. The van der Waals surface area contributed by atoms with Crippen molar-refractivity contribution in [2.75, 3.05) is 13.1 Å². The Kier molecular flexibility index (Phi) is 5.61. The normalized spacial score (nSPS) is 24.8. The van der Waals surface area contributed by atoms with Crippen LogP contribution in [0.1, 0.15) is 45.1 Å². The lowest BCUT2D eigenvalue weighted by atomic mass is 9.74. The molecule has 1 atom stereocenters. The molecule has 0 aliphatic carbocycles. The van der Waals surface area contributed by atoms with Crippen LogP contribution in [0.15, 0.2) is 24.3 Å². The fourth-order valence-electron chi connectivity index (χ4n) is 4.12. The molecule has 2 saturated heterocycles. The van der Waals surface area contributed by atoms with Gasteiger partial charge < -0.3 is 5.32 Å². The van der Waals surface area contributed by atoms with Crippen molar-refractivity contribution in [2.45, 2.75) is 51.6 Å². The Hall–Kier alpha value is -1.95. The molecule has 2 heterocycles. The van der Waals surface area contributed by atoms with Crippen LogP contribution in [-0.4, -0.2) is 35.5 Å². The van der Waals surface area contributed by atoms with Crippen LogP contribution < -0.4 is 10.6 Å². The van der Waals surface area contributed by atoms with E-state index in [4.69, 9.17) is 0 Å². The first-order valence-corrected chi connectivity index (χ1v) is 9.49. The third-order valence-corrected chi connectivity index (χ3v) is 5.69. The molecular formula is C20H28FN3O2. The van der Waals surface area contributed by atoms with Crippen LogP contribution in [0, 0.1) is 17.7 Å². The summed E-state index contributed by atoms with van der Waals surface area (Å²) in [6.45, 7) is 6.79. The van der Waals surface area contributed by atoms with Gasteiger partial charge in [-0.1, -0.05) is 26.0 Å². The van der Waals surface area contributed by atoms with Crippen LogP contribution in [0.5, 0.6) is 0 Å². The molecule has 3 amide bonds. The minimum absolute atomic E-state index is 0.150. The van der Waals surface area contributed by atoms with Crippen LogP contribution in [0.4, 0.5) is 9.18 Å². The van der Waals surface area contributed by atoms with Crippen molar-refractivity contribution < 1.29 is 14.0 Å². The van der Waals surface area contributed by atoms with E-state index in [0.29, 0.717) is 12.3 Å². The lowest BCUT2D eigenvalue weighted by Crippen LogP contribution is -2.56. The van der Waals surface area contributed by atoms with E-state index in [2.05, 4.69) is 29.4 Å². The van der Waals surface area contributed by atoms with E-state index in [1.165, 1.54) is 12.1 Å². The van der Waals surface area contributed by atoms with E-state index in [1.807, 2.05) is 12.1 Å². The van der Waals surface area contributed by atoms with Gasteiger partial charge in [0.25, 0.3) is 5.91 Å². The minimum Gasteiger partial charge on any atom is -0.323 e. The number of amides is 3. The predicted octanol–water partition coefficient (Wildman–Crippen LogP) is 3.05. The van der Waals surface area contributed by atoms with Gasteiger partial charge >= 0.3 is 6.03 Å². The van der Waals surface area contributed by atoms with Crippen molar-refractivity contribution in [1.29, 1.82) is 0 Å². The number of carbonyl (C=O) groups is 2. The van der Waals surface area contributed by atoms with Crippen molar-refractivity contribution in [3.8, 4) is 0 Å². The largest absolute Gasteiger partial charge is 0.323 e. The second-order valence-corrected chi connectivity index (χ2v) is 7.99. The Morgan fingerprint density at radius 1 is 1.19 bits per heavy atom. The number of hydrogen-bond acceptors (Lipinski definition) is 3. The molecule has 3 rings (SSSR count). The molecule has 0 saturated carbocycles. The van der Waals surface area contributed by atoms with Gasteiger partial charge in [-0.05, 0) is 68.3 Å². The first-order chi connectivity index (χ1) is 12.4. The van der Waals surface area contributed by atoms with E-state index < -0.39 is 5.54 Å². The number of nitrogens with zero attached hydrogens (tertiary/aromatic N) is 1. The minimum atomic E-state index is -0.761. The number of imide groups is 1. The highest BCUT2D eigenvalue weighted by Gasteiger charge is 2.51. The van der Waals surface area contributed by atoms with Crippen molar-refractivity contribution in [2.24, 2.45) is 11.8 Å². The van der Waals surface area contributed by atoms with Gasteiger partial charge in [-0.2, -0.15) is 0 Å².